The summed E-state index contributed by atoms with van der Waals surface area (Å²) in [6, 6.07) is 7.27. The van der Waals surface area contributed by atoms with E-state index in [1.54, 1.807) is 26.2 Å². The van der Waals surface area contributed by atoms with Crippen LogP contribution in [0.1, 0.15) is 13.3 Å². The lowest BCUT2D eigenvalue weighted by molar-refractivity contribution is -0.122. The molecule has 18 heavy (non-hydrogen) atoms. The molecule has 1 atom stereocenters. The third-order valence-electron chi connectivity index (χ3n) is 2.25. The third kappa shape index (κ3) is 5.05. The van der Waals surface area contributed by atoms with Gasteiger partial charge < -0.3 is 19.9 Å². The van der Waals surface area contributed by atoms with Crippen LogP contribution < -0.4 is 14.8 Å². The Balaban J connectivity index is 2.31. The van der Waals surface area contributed by atoms with E-state index in [1.807, 2.05) is 12.1 Å². The van der Waals surface area contributed by atoms with Crippen molar-refractivity contribution in [3.8, 4) is 11.5 Å². The first-order valence-corrected chi connectivity index (χ1v) is 5.84. The van der Waals surface area contributed by atoms with Crippen LogP contribution >= 0.6 is 0 Å². The largest absolute Gasteiger partial charge is 0.493 e. The van der Waals surface area contributed by atoms with Gasteiger partial charge in [0.15, 0.2) is 11.5 Å². The predicted octanol–water partition coefficient (Wildman–Crippen LogP) is 0.961. The second kappa shape index (κ2) is 7.55. The Bertz CT molecular complexity index is 379. The zero-order chi connectivity index (χ0) is 13.4. The standard InChI is InChI=1S/C13H19NO4/c1-10(15)9-14-13(16)7-8-18-12-6-4-3-5-11(12)17-2/h3-6,10,15H,7-9H2,1-2H3,(H,14,16). The number of benzene rings is 1. The van der Waals surface area contributed by atoms with Gasteiger partial charge in [0.05, 0.1) is 26.2 Å². The molecule has 0 heterocycles. The fourth-order valence-corrected chi connectivity index (χ4v) is 1.34. The first-order chi connectivity index (χ1) is 8.63. The van der Waals surface area contributed by atoms with E-state index < -0.39 is 6.10 Å². The van der Waals surface area contributed by atoms with E-state index in [0.29, 0.717) is 11.5 Å². The lowest BCUT2D eigenvalue weighted by atomic mass is 10.3. The Kier molecular flexibility index (Phi) is 6.00. The van der Waals surface area contributed by atoms with Crippen molar-refractivity contribution in [1.29, 1.82) is 0 Å². The number of ether oxygens (including phenoxy) is 2. The fraction of sp³-hybridized carbons (Fsp3) is 0.462. The molecule has 0 saturated heterocycles. The van der Waals surface area contributed by atoms with Crippen molar-refractivity contribution in [2.45, 2.75) is 19.4 Å². The number of methoxy groups -OCH3 is 1. The molecule has 1 rings (SSSR count). The Labute approximate surface area is 107 Å². The summed E-state index contributed by atoms with van der Waals surface area (Å²) in [4.78, 5) is 11.4. The highest BCUT2D eigenvalue weighted by atomic mass is 16.5. The molecule has 0 fully saturated rings. The Morgan fingerprint density at radius 3 is 2.67 bits per heavy atom. The lowest BCUT2D eigenvalue weighted by Gasteiger charge is -2.10. The molecular weight excluding hydrogens is 234 g/mol. The minimum atomic E-state index is -0.538. The maximum Gasteiger partial charge on any atom is 0.223 e. The van der Waals surface area contributed by atoms with Gasteiger partial charge in [-0.1, -0.05) is 12.1 Å². The van der Waals surface area contributed by atoms with Crippen molar-refractivity contribution < 1.29 is 19.4 Å². The molecule has 5 nitrogen and oxygen atoms in total. The summed E-state index contributed by atoms with van der Waals surface area (Å²) in [7, 11) is 1.57. The Morgan fingerprint density at radius 2 is 2.06 bits per heavy atom. The predicted molar refractivity (Wildman–Crippen MR) is 67.8 cm³/mol. The van der Waals surface area contributed by atoms with Crippen LogP contribution in [0.15, 0.2) is 24.3 Å². The molecule has 1 amide bonds. The molecular formula is C13H19NO4. The average Bonchev–Trinajstić information content (AvgIpc) is 2.37. The number of para-hydroxylation sites is 2. The lowest BCUT2D eigenvalue weighted by Crippen LogP contribution is -2.31. The first kappa shape index (κ1) is 14.3. The molecule has 100 valence electrons. The van der Waals surface area contributed by atoms with Crippen LogP contribution in [0.4, 0.5) is 0 Å². The number of carbonyl (C=O) groups is 1. The van der Waals surface area contributed by atoms with Gasteiger partial charge >= 0.3 is 0 Å². The monoisotopic (exact) mass is 253 g/mol. The second-order valence-electron chi connectivity index (χ2n) is 3.90. The van der Waals surface area contributed by atoms with E-state index in [2.05, 4.69) is 5.32 Å². The maximum atomic E-state index is 11.4. The molecule has 0 spiro atoms. The van der Waals surface area contributed by atoms with Crippen molar-refractivity contribution in [2.75, 3.05) is 20.3 Å². The van der Waals surface area contributed by atoms with Crippen LogP contribution in [0.25, 0.3) is 0 Å². The zero-order valence-corrected chi connectivity index (χ0v) is 10.7. The van der Waals surface area contributed by atoms with Crippen LogP contribution in [-0.2, 0) is 4.79 Å². The topological polar surface area (TPSA) is 67.8 Å². The molecule has 1 aromatic rings. The molecule has 0 aliphatic rings. The SMILES string of the molecule is COc1ccccc1OCCC(=O)NCC(C)O. The molecule has 0 aliphatic carbocycles. The van der Waals surface area contributed by atoms with Crippen molar-refractivity contribution in [1.82, 2.24) is 5.32 Å². The molecule has 0 bridgehead atoms. The fourth-order valence-electron chi connectivity index (χ4n) is 1.34. The van der Waals surface area contributed by atoms with Crippen LogP contribution in [-0.4, -0.2) is 37.4 Å². The summed E-state index contributed by atoms with van der Waals surface area (Å²) in [6.07, 6.45) is -0.297. The molecule has 0 radical (unpaired) electrons. The van der Waals surface area contributed by atoms with Gasteiger partial charge in [0.25, 0.3) is 0 Å². The van der Waals surface area contributed by atoms with Crippen LogP contribution in [0, 0.1) is 0 Å². The molecule has 0 aromatic heterocycles. The first-order valence-electron chi connectivity index (χ1n) is 5.84. The molecule has 5 heteroatoms. The summed E-state index contributed by atoms with van der Waals surface area (Å²) >= 11 is 0. The van der Waals surface area contributed by atoms with E-state index in [9.17, 15) is 4.79 Å². The molecule has 0 saturated carbocycles. The summed E-state index contributed by atoms with van der Waals surface area (Å²) in [6.45, 7) is 2.14. The van der Waals surface area contributed by atoms with E-state index in [-0.39, 0.29) is 25.5 Å². The number of rotatable bonds is 7. The number of hydrogen-bond donors (Lipinski definition) is 2. The van der Waals surface area contributed by atoms with Gasteiger partial charge in [-0.3, -0.25) is 4.79 Å². The van der Waals surface area contributed by atoms with Crippen LogP contribution in [0.2, 0.25) is 0 Å². The van der Waals surface area contributed by atoms with Gasteiger partial charge in [0.2, 0.25) is 5.91 Å². The molecule has 1 unspecified atom stereocenters. The van der Waals surface area contributed by atoms with Crippen LogP contribution in [0.5, 0.6) is 11.5 Å². The number of aliphatic hydroxyl groups excluding tert-OH is 1. The van der Waals surface area contributed by atoms with Gasteiger partial charge in [-0.25, -0.2) is 0 Å². The van der Waals surface area contributed by atoms with Crippen LogP contribution in [0.3, 0.4) is 0 Å². The van der Waals surface area contributed by atoms with Gasteiger partial charge in [0.1, 0.15) is 0 Å². The molecule has 1 aromatic carbocycles. The number of aliphatic hydroxyl groups is 1. The number of hydrogen-bond acceptors (Lipinski definition) is 4. The van der Waals surface area contributed by atoms with Crippen molar-refractivity contribution in [3.05, 3.63) is 24.3 Å². The highest BCUT2D eigenvalue weighted by Crippen LogP contribution is 2.25. The van der Waals surface area contributed by atoms with E-state index in [0.717, 1.165) is 0 Å². The van der Waals surface area contributed by atoms with E-state index >= 15 is 0 Å². The van der Waals surface area contributed by atoms with Gasteiger partial charge in [0, 0.05) is 6.54 Å². The van der Waals surface area contributed by atoms with Crippen molar-refractivity contribution in [3.63, 3.8) is 0 Å². The Morgan fingerprint density at radius 1 is 1.39 bits per heavy atom. The number of carbonyl (C=O) groups excluding carboxylic acids is 1. The summed E-state index contributed by atoms with van der Waals surface area (Å²) in [5, 5.41) is 11.6. The highest BCUT2D eigenvalue weighted by Gasteiger charge is 2.05. The Hall–Kier alpha value is -1.75. The number of nitrogens with one attached hydrogen (secondary N) is 1. The van der Waals surface area contributed by atoms with E-state index in [1.165, 1.54) is 0 Å². The quantitative estimate of drug-likeness (QED) is 0.759. The normalized spacial score (nSPS) is 11.7. The maximum absolute atomic E-state index is 11.4. The summed E-state index contributed by atoms with van der Waals surface area (Å²) < 4.78 is 10.6. The van der Waals surface area contributed by atoms with E-state index in [4.69, 9.17) is 14.6 Å². The van der Waals surface area contributed by atoms with Gasteiger partial charge in [-0.2, -0.15) is 0 Å². The average molecular weight is 253 g/mol. The van der Waals surface area contributed by atoms with Gasteiger partial charge in [-0.05, 0) is 19.1 Å². The smallest absolute Gasteiger partial charge is 0.223 e. The minimum absolute atomic E-state index is 0.147. The minimum Gasteiger partial charge on any atom is -0.493 e. The third-order valence-corrected chi connectivity index (χ3v) is 2.25. The number of amides is 1. The highest BCUT2D eigenvalue weighted by molar-refractivity contribution is 5.76. The molecule has 0 aliphatic heterocycles. The second-order valence-corrected chi connectivity index (χ2v) is 3.90. The van der Waals surface area contributed by atoms with Crippen molar-refractivity contribution in [2.24, 2.45) is 0 Å². The summed E-state index contributed by atoms with van der Waals surface area (Å²) in [5.74, 6) is 1.11. The zero-order valence-electron chi connectivity index (χ0n) is 10.7. The summed E-state index contributed by atoms with van der Waals surface area (Å²) in [5.41, 5.74) is 0. The van der Waals surface area contributed by atoms with Crippen molar-refractivity contribution >= 4 is 5.91 Å². The van der Waals surface area contributed by atoms with Gasteiger partial charge in [-0.15, -0.1) is 0 Å². The molecule has 2 N–H and O–H groups in total.